The van der Waals surface area contributed by atoms with E-state index in [0.717, 1.165) is 10.0 Å². The normalized spacial score (nSPS) is 18.7. The van der Waals surface area contributed by atoms with E-state index in [2.05, 4.69) is 15.9 Å². The zero-order valence-corrected chi connectivity index (χ0v) is 15.0. The maximum absolute atomic E-state index is 12.5. The van der Waals surface area contributed by atoms with Gasteiger partial charge in [-0.15, -0.1) is 0 Å². The molecule has 0 aliphatic carbocycles. The minimum atomic E-state index is -0.976. The standard InChI is InChI=1S/C16H21BrN2O4/c1-16(2,3)23-15(22)19-9-8-18(14(20)21)10-13(19)11-4-6-12(17)7-5-11/h4-7,13H,8-10H2,1-3H3,(H,20,21). The summed E-state index contributed by atoms with van der Waals surface area (Å²) < 4.78 is 6.39. The average Bonchev–Trinajstić information content (AvgIpc) is 2.45. The molecule has 6 nitrogen and oxygen atoms in total. The Morgan fingerprint density at radius 2 is 1.83 bits per heavy atom. The lowest BCUT2D eigenvalue weighted by Gasteiger charge is -2.40. The van der Waals surface area contributed by atoms with Gasteiger partial charge < -0.3 is 14.7 Å². The maximum Gasteiger partial charge on any atom is 0.410 e. The highest BCUT2D eigenvalue weighted by atomic mass is 79.9. The lowest BCUT2D eigenvalue weighted by atomic mass is 10.0. The van der Waals surface area contributed by atoms with Gasteiger partial charge in [-0.2, -0.15) is 0 Å². The molecule has 2 rings (SSSR count). The van der Waals surface area contributed by atoms with Gasteiger partial charge in [-0.1, -0.05) is 28.1 Å². The summed E-state index contributed by atoms with van der Waals surface area (Å²) in [6.45, 7) is 6.26. The second-order valence-electron chi connectivity index (χ2n) is 6.47. The van der Waals surface area contributed by atoms with Crippen LogP contribution in [0.5, 0.6) is 0 Å². The van der Waals surface area contributed by atoms with Gasteiger partial charge in [0, 0.05) is 24.1 Å². The molecule has 0 spiro atoms. The fraction of sp³-hybridized carbons (Fsp3) is 0.500. The van der Waals surface area contributed by atoms with Crippen LogP contribution in [-0.2, 0) is 4.74 Å². The van der Waals surface area contributed by atoms with Crippen LogP contribution in [0.1, 0.15) is 32.4 Å². The van der Waals surface area contributed by atoms with E-state index in [9.17, 15) is 14.7 Å². The van der Waals surface area contributed by atoms with Crippen molar-refractivity contribution < 1.29 is 19.4 Å². The molecular formula is C16H21BrN2O4. The van der Waals surface area contributed by atoms with Crippen LogP contribution in [0.4, 0.5) is 9.59 Å². The van der Waals surface area contributed by atoms with Crippen LogP contribution in [0.25, 0.3) is 0 Å². The third-order valence-electron chi connectivity index (χ3n) is 3.53. The molecule has 1 aromatic rings. The molecule has 1 N–H and O–H groups in total. The van der Waals surface area contributed by atoms with Crippen molar-refractivity contribution in [3.63, 3.8) is 0 Å². The number of halogens is 1. The molecule has 23 heavy (non-hydrogen) atoms. The largest absolute Gasteiger partial charge is 0.465 e. The zero-order chi connectivity index (χ0) is 17.2. The third kappa shape index (κ3) is 4.60. The molecule has 2 amide bonds. The Morgan fingerprint density at radius 3 is 2.35 bits per heavy atom. The van der Waals surface area contributed by atoms with Crippen LogP contribution < -0.4 is 0 Å². The van der Waals surface area contributed by atoms with Crippen molar-refractivity contribution in [3.05, 3.63) is 34.3 Å². The number of nitrogens with zero attached hydrogens (tertiary/aromatic N) is 2. The highest BCUT2D eigenvalue weighted by Crippen LogP contribution is 2.28. The van der Waals surface area contributed by atoms with Crippen molar-refractivity contribution >= 4 is 28.1 Å². The van der Waals surface area contributed by atoms with Crippen LogP contribution >= 0.6 is 15.9 Å². The number of hydrogen-bond acceptors (Lipinski definition) is 3. The van der Waals surface area contributed by atoms with E-state index in [1.54, 1.807) is 4.90 Å². The van der Waals surface area contributed by atoms with Crippen LogP contribution in [0.3, 0.4) is 0 Å². The second-order valence-corrected chi connectivity index (χ2v) is 7.39. The molecule has 1 heterocycles. The van der Waals surface area contributed by atoms with E-state index in [1.807, 2.05) is 45.0 Å². The predicted molar refractivity (Wildman–Crippen MR) is 89.4 cm³/mol. The fourth-order valence-electron chi connectivity index (χ4n) is 2.47. The lowest BCUT2D eigenvalue weighted by molar-refractivity contribution is -0.000593. The van der Waals surface area contributed by atoms with Gasteiger partial charge in [0.25, 0.3) is 0 Å². The molecule has 1 atom stereocenters. The third-order valence-corrected chi connectivity index (χ3v) is 4.06. The number of carbonyl (C=O) groups is 2. The number of carboxylic acid groups (broad SMARTS) is 1. The number of ether oxygens (including phenoxy) is 1. The summed E-state index contributed by atoms with van der Waals surface area (Å²) >= 11 is 3.38. The minimum Gasteiger partial charge on any atom is -0.465 e. The number of benzene rings is 1. The molecule has 1 aliphatic heterocycles. The van der Waals surface area contributed by atoms with Gasteiger partial charge in [-0.05, 0) is 38.5 Å². The molecule has 1 saturated heterocycles. The Balaban J connectivity index is 2.26. The van der Waals surface area contributed by atoms with Gasteiger partial charge in [0.1, 0.15) is 5.60 Å². The first-order valence-electron chi connectivity index (χ1n) is 7.40. The van der Waals surface area contributed by atoms with Gasteiger partial charge in [0.05, 0.1) is 6.04 Å². The fourth-order valence-corrected chi connectivity index (χ4v) is 2.73. The molecule has 7 heteroatoms. The van der Waals surface area contributed by atoms with Gasteiger partial charge in [-0.3, -0.25) is 4.90 Å². The van der Waals surface area contributed by atoms with Crippen molar-refractivity contribution in [1.29, 1.82) is 0 Å². The molecule has 126 valence electrons. The first-order valence-corrected chi connectivity index (χ1v) is 8.19. The maximum atomic E-state index is 12.5. The van der Waals surface area contributed by atoms with Gasteiger partial charge in [-0.25, -0.2) is 9.59 Å². The monoisotopic (exact) mass is 384 g/mol. The Bertz CT molecular complexity index is 583. The Labute approximate surface area is 144 Å². The van der Waals surface area contributed by atoms with Crippen molar-refractivity contribution in [3.8, 4) is 0 Å². The van der Waals surface area contributed by atoms with E-state index in [0.29, 0.717) is 6.54 Å². The van der Waals surface area contributed by atoms with Crippen LogP contribution in [0.2, 0.25) is 0 Å². The molecule has 1 aromatic carbocycles. The summed E-state index contributed by atoms with van der Waals surface area (Å²) in [5, 5.41) is 9.24. The summed E-state index contributed by atoms with van der Waals surface area (Å²) in [4.78, 5) is 26.7. The van der Waals surface area contributed by atoms with E-state index in [-0.39, 0.29) is 19.1 Å². The Morgan fingerprint density at radius 1 is 1.22 bits per heavy atom. The topological polar surface area (TPSA) is 70.1 Å². The SMILES string of the molecule is CC(C)(C)OC(=O)N1CCN(C(=O)O)CC1c1ccc(Br)cc1. The number of amides is 2. The van der Waals surface area contributed by atoms with Gasteiger partial charge in [0.2, 0.25) is 0 Å². The molecule has 1 aliphatic rings. The molecular weight excluding hydrogens is 364 g/mol. The highest BCUT2D eigenvalue weighted by molar-refractivity contribution is 9.10. The lowest BCUT2D eigenvalue weighted by Crippen LogP contribution is -2.53. The highest BCUT2D eigenvalue weighted by Gasteiger charge is 2.35. The van der Waals surface area contributed by atoms with Crippen LogP contribution in [0.15, 0.2) is 28.7 Å². The molecule has 0 saturated carbocycles. The quantitative estimate of drug-likeness (QED) is 0.800. The first-order chi connectivity index (χ1) is 10.7. The van der Waals surface area contributed by atoms with Crippen molar-refractivity contribution in [1.82, 2.24) is 9.80 Å². The minimum absolute atomic E-state index is 0.232. The number of rotatable bonds is 1. The Hall–Kier alpha value is -1.76. The summed E-state index contributed by atoms with van der Waals surface area (Å²) in [7, 11) is 0. The number of piperazine rings is 1. The molecule has 1 fully saturated rings. The molecule has 0 bridgehead atoms. The smallest absolute Gasteiger partial charge is 0.410 e. The zero-order valence-electron chi connectivity index (χ0n) is 13.5. The number of hydrogen-bond donors (Lipinski definition) is 1. The molecule has 1 unspecified atom stereocenters. The van der Waals surface area contributed by atoms with Gasteiger partial charge >= 0.3 is 12.2 Å². The Kier molecular flexibility index (Phi) is 5.19. The molecule has 0 radical (unpaired) electrons. The first kappa shape index (κ1) is 17.6. The summed E-state index contributed by atoms with van der Waals surface area (Å²) in [6, 6.07) is 7.17. The summed E-state index contributed by atoms with van der Waals surface area (Å²) in [5.74, 6) is 0. The van der Waals surface area contributed by atoms with E-state index in [4.69, 9.17) is 4.74 Å². The average molecular weight is 385 g/mol. The van der Waals surface area contributed by atoms with Gasteiger partial charge in [0.15, 0.2) is 0 Å². The second kappa shape index (κ2) is 6.78. The van der Waals surface area contributed by atoms with Crippen molar-refractivity contribution in [2.24, 2.45) is 0 Å². The summed E-state index contributed by atoms with van der Waals surface area (Å²) in [6.07, 6.45) is -1.40. The van der Waals surface area contributed by atoms with E-state index >= 15 is 0 Å². The van der Waals surface area contributed by atoms with Crippen LogP contribution in [0, 0.1) is 0 Å². The predicted octanol–water partition coefficient (Wildman–Crippen LogP) is 3.72. The summed E-state index contributed by atoms with van der Waals surface area (Å²) in [5.41, 5.74) is 0.288. The van der Waals surface area contributed by atoms with Crippen molar-refractivity contribution in [2.75, 3.05) is 19.6 Å². The van der Waals surface area contributed by atoms with Crippen LogP contribution in [-0.4, -0.2) is 52.3 Å². The number of carbonyl (C=O) groups excluding carboxylic acids is 1. The van der Waals surface area contributed by atoms with Crippen molar-refractivity contribution in [2.45, 2.75) is 32.4 Å². The molecule has 0 aromatic heterocycles. The van der Waals surface area contributed by atoms with E-state index in [1.165, 1.54) is 4.90 Å². The van der Waals surface area contributed by atoms with E-state index < -0.39 is 17.8 Å².